The van der Waals surface area contributed by atoms with Crippen LogP contribution in [0.1, 0.15) is 12.8 Å². The van der Waals surface area contributed by atoms with Crippen molar-refractivity contribution in [3.8, 4) is 0 Å². The molecule has 0 spiro atoms. The number of aliphatic hydroxyl groups is 1. The maximum Gasteiger partial charge on any atom is 0.417 e. The van der Waals surface area contributed by atoms with E-state index in [-0.39, 0.29) is 25.9 Å². The first-order valence-electron chi connectivity index (χ1n) is 6.70. The molecular weight excluding hydrogens is 323 g/mol. The summed E-state index contributed by atoms with van der Waals surface area (Å²) < 4.78 is 38.0. The monoisotopic (exact) mass is 339 g/mol. The second-order valence-electron chi connectivity index (χ2n) is 5.17. The molecule has 21 heavy (non-hydrogen) atoms. The molecule has 1 saturated heterocycles. The Labute approximate surface area is 131 Å². The first-order chi connectivity index (χ1) is 9.80. The van der Waals surface area contributed by atoms with E-state index in [4.69, 9.17) is 11.6 Å². The molecule has 0 atom stereocenters. The molecule has 0 bridgehead atoms. The Kier molecular flexibility index (Phi) is 5.46. The van der Waals surface area contributed by atoms with E-state index in [0.717, 1.165) is 10.6 Å². The third-order valence-corrected chi connectivity index (χ3v) is 4.94. The van der Waals surface area contributed by atoms with Gasteiger partial charge in [0.05, 0.1) is 0 Å². The number of halogens is 4. The second kappa shape index (κ2) is 6.77. The van der Waals surface area contributed by atoms with Crippen molar-refractivity contribution in [2.45, 2.75) is 29.5 Å². The van der Waals surface area contributed by atoms with Crippen LogP contribution in [0.15, 0.2) is 29.2 Å². The average Bonchev–Trinajstić information content (AvgIpc) is 2.42. The molecule has 0 aromatic heterocycles. The van der Waals surface area contributed by atoms with Crippen LogP contribution in [0.4, 0.5) is 13.2 Å². The summed E-state index contributed by atoms with van der Waals surface area (Å²) in [4.78, 5) is 3.05. The summed E-state index contributed by atoms with van der Waals surface area (Å²) in [6.45, 7) is 1.26. The highest BCUT2D eigenvalue weighted by Gasteiger charge is 2.54. The number of rotatable bonds is 4. The van der Waals surface area contributed by atoms with Gasteiger partial charge in [0.1, 0.15) is 0 Å². The van der Waals surface area contributed by atoms with Crippen LogP contribution in [0.3, 0.4) is 0 Å². The van der Waals surface area contributed by atoms with Crippen molar-refractivity contribution in [2.24, 2.45) is 0 Å². The molecule has 0 aliphatic carbocycles. The zero-order chi connectivity index (χ0) is 15.5. The molecule has 2 rings (SSSR count). The van der Waals surface area contributed by atoms with Crippen LogP contribution >= 0.6 is 23.4 Å². The van der Waals surface area contributed by atoms with Gasteiger partial charge >= 0.3 is 6.18 Å². The van der Waals surface area contributed by atoms with E-state index >= 15 is 0 Å². The summed E-state index contributed by atoms with van der Waals surface area (Å²) in [5, 5.41) is 10.3. The normalized spacial score (nSPS) is 19.7. The smallest absolute Gasteiger partial charge is 0.380 e. The van der Waals surface area contributed by atoms with E-state index in [9.17, 15) is 18.3 Å². The molecule has 0 radical (unpaired) electrons. The number of piperidine rings is 1. The Morgan fingerprint density at radius 2 is 1.76 bits per heavy atom. The van der Waals surface area contributed by atoms with E-state index in [2.05, 4.69) is 0 Å². The van der Waals surface area contributed by atoms with E-state index in [0.29, 0.717) is 11.6 Å². The SMILES string of the molecule is OC1(C(F)(F)F)CCN(CCSc2ccc(Cl)cc2)CC1. The predicted octanol–water partition coefficient (Wildman–Crippen LogP) is 3.82. The maximum absolute atomic E-state index is 12.7. The fourth-order valence-corrected chi connectivity index (χ4v) is 3.29. The number of nitrogens with zero attached hydrogens (tertiary/aromatic N) is 1. The topological polar surface area (TPSA) is 23.5 Å². The van der Waals surface area contributed by atoms with E-state index in [1.807, 2.05) is 29.2 Å². The Morgan fingerprint density at radius 3 is 2.29 bits per heavy atom. The highest BCUT2D eigenvalue weighted by molar-refractivity contribution is 7.99. The van der Waals surface area contributed by atoms with Crippen LogP contribution in [0, 0.1) is 0 Å². The van der Waals surface area contributed by atoms with Crippen molar-refractivity contribution in [1.29, 1.82) is 0 Å². The quantitative estimate of drug-likeness (QED) is 0.844. The van der Waals surface area contributed by atoms with Crippen molar-refractivity contribution in [1.82, 2.24) is 4.90 Å². The molecule has 118 valence electrons. The zero-order valence-electron chi connectivity index (χ0n) is 11.4. The summed E-state index contributed by atoms with van der Waals surface area (Å²) in [5.41, 5.74) is -2.51. The van der Waals surface area contributed by atoms with Crippen molar-refractivity contribution < 1.29 is 18.3 Å². The zero-order valence-corrected chi connectivity index (χ0v) is 12.9. The van der Waals surface area contributed by atoms with Crippen molar-refractivity contribution in [3.05, 3.63) is 29.3 Å². The van der Waals surface area contributed by atoms with E-state index in [1.165, 1.54) is 0 Å². The number of thioether (sulfide) groups is 1. The molecule has 7 heteroatoms. The largest absolute Gasteiger partial charge is 0.417 e. The fraction of sp³-hybridized carbons (Fsp3) is 0.571. The van der Waals surface area contributed by atoms with Crippen LogP contribution in [0.5, 0.6) is 0 Å². The minimum Gasteiger partial charge on any atom is -0.380 e. The van der Waals surface area contributed by atoms with Crippen LogP contribution in [-0.2, 0) is 0 Å². The van der Waals surface area contributed by atoms with Gasteiger partial charge in [-0.15, -0.1) is 11.8 Å². The summed E-state index contributed by atoms with van der Waals surface area (Å²) >= 11 is 7.44. The van der Waals surface area contributed by atoms with E-state index < -0.39 is 11.8 Å². The molecule has 1 aliphatic heterocycles. The highest BCUT2D eigenvalue weighted by atomic mass is 35.5. The Bertz CT molecular complexity index is 458. The predicted molar refractivity (Wildman–Crippen MR) is 78.9 cm³/mol. The first kappa shape index (κ1) is 16.9. The number of benzene rings is 1. The van der Waals surface area contributed by atoms with Gasteiger partial charge in [0.2, 0.25) is 0 Å². The van der Waals surface area contributed by atoms with Crippen molar-refractivity contribution in [3.63, 3.8) is 0 Å². The Balaban J connectivity index is 1.73. The lowest BCUT2D eigenvalue weighted by Crippen LogP contribution is -2.53. The summed E-state index contributed by atoms with van der Waals surface area (Å²) in [6, 6.07) is 7.47. The third kappa shape index (κ3) is 4.52. The molecule has 1 aromatic carbocycles. The summed E-state index contributed by atoms with van der Waals surface area (Å²) in [7, 11) is 0. The number of alkyl halides is 3. The Hall–Kier alpha value is -0.430. The van der Waals surface area contributed by atoms with Crippen LogP contribution in [-0.4, -0.2) is 47.2 Å². The standard InChI is InChI=1S/C14H17ClF3NOS/c15-11-1-3-12(4-2-11)21-10-9-19-7-5-13(20,6-8-19)14(16,17)18/h1-4,20H,5-10H2. The highest BCUT2D eigenvalue weighted by Crippen LogP contribution is 2.38. The minimum absolute atomic E-state index is 0.248. The van der Waals surface area contributed by atoms with Gasteiger partial charge in [0.15, 0.2) is 5.60 Å². The van der Waals surface area contributed by atoms with E-state index in [1.54, 1.807) is 11.8 Å². The van der Waals surface area contributed by atoms with Gasteiger partial charge in [-0.1, -0.05) is 11.6 Å². The lowest BCUT2D eigenvalue weighted by Gasteiger charge is -2.39. The van der Waals surface area contributed by atoms with Gasteiger partial charge < -0.3 is 10.0 Å². The molecule has 0 saturated carbocycles. The average molecular weight is 340 g/mol. The lowest BCUT2D eigenvalue weighted by molar-refractivity contribution is -0.272. The molecule has 2 nitrogen and oxygen atoms in total. The lowest BCUT2D eigenvalue weighted by atomic mass is 9.91. The molecule has 1 fully saturated rings. The third-order valence-electron chi connectivity index (χ3n) is 3.70. The summed E-state index contributed by atoms with van der Waals surface area (Å²) in [5.74, 6) is 0.798. The van der Waals surface area contributed by atoms with Gasteiger partial charge in [0.25, 0.3) is 0 Å². The first-order valence-corrected chi connectivity index (χ1v) is 8.06. The Morgan fingerprint density at radius 1 is 1.19 bits per heavy atom. The number of likely N-dealkylation sites (tertiary alicyclic amines) is 1. The van der Waals surface area contributed by atoms with Crippen LogP contribution in [0.2, 0.25) is 5.02 Å². The number of hydrogen-bond donors (Lipinski definition) is 1. The van der Waals surface area contributed by atoms with Crippen LogP contribution < -0.4 is 0 Å². The van der Waals surface area contributed by atoms with Gasteiger partial charge in [-0.05, 0) is 37.1 Å². The molecule has 0 unspecified atom stereocenters. The number of hydrogen-bond acceptors (Lipinski definition) is 3. The summed E-state index contributed by atoms with van der Waals surface area (Å²) in [6.07, 6.45) is -5.03. The molecule has 1 aromatic rings. The molecular formula is C14H17ClF3NOS. The fourth-order valence-electron chi connectivity index (χ4n) is 2.25. The van der Waals surface area contributed by atoms with Crippen molar-refractivity contribution >= 4 is 23.4 Å². The van der Waals surface area contributed by atoms with Crippen LogP contribution in [0.25, 0.3) is 0 Å². The molecule has 1 aliphatic rings. The van der Waals surface area contributed by atoms with Gasteiger partial charge in [0, 0.05) is 35.3 Å². The minimum atomic E-state index is -4.53. The second-order valence-corrected chi connectivity index (χ2v) is 6.78. The maximum atomic E-state index is 12.7. The molecule has 1 heterocycles. The van der Waals surface area contributed by atoms with Gasteiger partial charge in [-0.2, -0.15) is 13.2 Å². The molecule has 1 N–H and O–H groups in total. The van der Waals surface area contributed by atoms with Crippen molar-refractivity contribution in [2.75, 3.05) is 25.4 Å². The molecule has 0 amide bonds. The van der Waals surface area contributed by atoms with Gasteiger partial charge in [-0.25, -0.2) is 0 Å². The van der Waals surface area contributed by atoms with Gasteiger partial charge in [-0.3, -0.25) is 0 Å².